The van der Waals surface area contributed by atoms with E-state index in [2.05, 4.69) is 19.2 Å². The first-order valence-electron chi connectivity index (χ1n) is 7.61. The number of hydrogen-bond donors (Lipinski definition) is 2. The Morgan fingerprint density at radius 3 is 2.59 bits per heavy atom. The largest absolute Gasteiger partial charge is 0.482 e. The second kappa shape index (κ2) is 6.81. The first kappa shape index (κ1) is 16.3. The highest BCUT2D eigenvalue weighted by Gasteiger charge is 2.31. The molecule has 0 aliphatic heterocycles. The van der Waals surface area contributed by atoms with Crippen LogP contribution in [0.2, 0.25) is 0 Å². The van der Waals surface area contributed by atoms with Crippen molar-refractivity contribution in [3.63, 3.8) is 0 Å². The minimum Gasteiger partial charge on any atom is -0.482 e. The molecule has 0 spiro atoms. The van der Waals surface area contributed by atoms with Crippen LogP contribution >= 0.6 is 0 Å². The molecule has 2 N–H and O–H groups in total. The predicted octanol–water partition coefficient (Wildman–Crippen LogP) is 3.30. The highest BCUT2D eigenvalue weighted by Crippen LogP contribution is 2.38. The number of amides is 1. The lowest BCUT2D eigenvalue weighted by Gasteiger charge is -2.34. The van der Waals surface area contributed by atoms with Crippen molar-refractivity contribution in [1.82, 2.24) is 0 Å². The van der Waals surface area contributed by atoms with Gasteiger partial charge in [-0.05, 0) is 48.9 Å². The van der Waals surface area contributed by atoms with E-state index in [1.165, 1.54) is 6.42 Å². The van der Waals surface area contributed by atoms with E-state index in [9.17, 15) is 9.59 Å². The lowest BCUT2D eigenvalue weighted by molar-refractivity contribution is -0.139. The van der Waals surface area contributed by atoms with Gasteiger partial charge < -0.3 is 15.2 Å². The molecule has 2 rings (SSSR count). The van der Waals surface area contributed by atoms with Crippen molar-refractivity contribution in [2.45, 2.75) is 39.5 Å². The summed E-state index contributed by atoms with van der Waals surface area (Å²) in [4.78, 5) is 22.8. The molecule has 120 valence electrons. The molecular formula is C17H23NO4. The molecule has 0 heterocycles. The molecule has 1 aliphatic rings. The van der Waals surface area contributed by atoms with Gasteiger partial charge in [0.05, 0.1) is 0 Å². The standard InChI is InChI=1S/C17H23NO4/c1-17(2)9-3-4-12(10-17)16(21)18-13-5-7-14(8-6-13)22-11-15(19)20/h5-8,12H,3-4,9-11H2,1-2H3,(H,18,21)(H,19,20). The van der Waals surface area contributed by atoms with Gasteiger partial charge in [-0.15, -0.1) is 0 Å². The molecule has 5 nitrogen and oxygen atoms in total. The van der Waals surface area contributed by atoms with Gasteiger partial charge in [0.25, 0.3) is 0 Å². The molecule has 1 amide bonds. The lowest BCUT2D eigenvalue weighted by Crippen LogP contribution is -2.31. The molecule has 1 aromatic carbocycles. The van der Waals surface area contributed by atoms with Crippen LogP contribution in [0.5, 0.6) is 5.75 Å². The summed E-state index contributed by atoms with van der Waals surface area (Å²) in [6, 6.07) is 6.76. The number of hydrogen-bond acceptors (Lipinski definition) is 3. The molecule has 1 aromatic rings. The van der Waals surface area contributed by atoms with Gasteiger partial charge in [-0.25, -0.2) is 4.79 Å². The number of benzene rings is 1. The minimum atomic E-state index is -1.02. The van der Waals surface area contributed by atoms with Crippen LogP contribution in [0, 0.1) is 11.3 Å². The topological polar surface area (TPSA) is 75.6 Å². The monoisotopic (exact) mass is 305 g/mol. The third-order valence-corrected chi connectivity index (χ3v) is 4.06. The third-order valence-electron chi connectivity index (χ3n) is 4.06. The summed E-state index contributed by atoms with van der Waals surface area (Å²) in [5.41, 5.74) is 0.936. The van der Waals surface area contributed by atoms with Gasteiger partial charge in [-0.2, -0.15) is 0 Å². The summed E-state index contributed by atoms with van der Waals surface area (Å²) in [6.45, 7) is 4.05. The quantitative estimate of drug-likeness (QED) is 0.875. The number of anilines is 1. The number of rotatable bonds is 5. The number of carbonyl (C=O) groups is 2. The van der Waals surface area contributed by atoms with Crippen LogP contribution in [0.3, 0.4) is 0 Å². The van der Waals surface area contributed by atoms with Gasteiger partial charge >= 0.3 is 5.97 Å². The van der Waals surface area contributed by atoms with E-state index in [0.29, 0.717) is 11.4 Å². The summed E-state index contributed by atoms with van der Waals surface area (Å²) >= 11 is 0. The molecule has 1 fully saturated rings. The predicted molar refractivity (Wildman–Crippen MR) is 83.9 cm³/mol. The lowest BCUT2D eigenvalue weighted by atomic mass is 9.72. The molecule has 1 atom stereocenters. The molecule has 0 saturated heterocycles. The van der Waals surface area contributed by atoms with Gasteiger partial charge in [-0.3, -0.25) is 4.79 Å². The average molecular weight is 305 g/mol. The first-order valence-corrected chi connectivity index (χ1v) is 7.61. The van der Waals surface area contributed by atoms with E-state index in [0.717, 1.165) is 19.3 Å². The molecule has 0 bridgehead atoms. The zero-order chi connectivity index (χ0) is 16.2. The highest BCUT2D eigenvalue weighted by molar-refractivity contribution is 5.92. The van der Waals surface area contributed by atoms with Crippen LogP contribution < -0.4 is 10.1 Å². The van der Waals surface area contributed by atoms with Crippen molar-refractivity contribution in [1.29, 1.82) is 0 Å². The SMILES string of the molecule is CC1(C)CCCC(C(=O)Nc2ccc(OCC(=O)O)cc2)C1. The van der Waals surface area contributed by atoms with Crippen molar-refractivity contribution in [2.24, 2.45) is 11.3 Å². The Morgan fingerprint density at radius 2 is 2.00 bits per heavy atom. The van der Waals surface area contributed by atoms with E-state index in [4.69, 9.17) is 9.84 Å². The maximum absolute atomic E-state index is 12.3. The van der Waals surface area contributed by atoms with Crippen LogP contribution in [0.15, 0.2) is 24.3 Å². The molecule has 1 saturated carbocycles. The van der Waals surface area contributed by atoms with Gasteiger partial charge in [-0.1, -0.05) is 20.3 Å². The van der Waals surface area contributed by atoms with Gasteiger partial charge in [0.1, 0.15) is 5.75 Å². The summed E-state index contributed by atoms with van der Waals surface area (Å²) in [5.74, 6) is -0.421. The first-order chi connectivity index (χ1) is 10.4. The highest BCUT2D eigenvalue weighted by atomic mass is 16.5. The number of carboxylic acid groups (broad SMARTS) is 1. The minimum absolute atomic E-state index is 0.0617. The van der Waals surface area contributed by atoms with Crippen molar-refractivity contribution < 1.29 is 19.4 Å². The average Bonchev–Trinajstić information content (AvgIpc) is 2.45. The second-order valence-electron chi connectivity index (χ2n) is 6.65. The Hall–Kier alpha value is -2.04. The molecular weight excluding hydrogens is 282 g/mol. The fraction of sp³-hybridized carbons (Fsp3) is 0.529. The summed E-state index contributed by atoms with van der Waals surface area (Å²) in [5, 5.41) is 11.5. The van der Waals surface area contributed by atoms with E-state index >= 15 is 0 Å². The Kier molecular flexibility index (Phi) is 5.06. The number of carbonyl (C=O) groups excluding carboxylic acids is 1. The van der Waals surface area contributed by atoms with Gasteiger partial charge in [0, 0.05) is 11.6 Å². The fourth-order valence-corrected chi connectivity index (χ4v) is 2.95. The molecule has 22 heavy (non-hydrogen) atoms. The smallest absolute Gasteiger partial charge is 0.341 e. The zero-order valence-electron chi connectivity index (χ0n) is 13.1. The van der Waals surface area contributed by atoms with Crippen LogP contribution in [0.25, 0.3) is 0 Å². The Labute approximate surface area is 130 Å². The van der Waals surface area contributed by atoms with Gasteiger partial charge in [0.15, 0.2) is 6.61 Å². The van der Waals surface area contributed by atoms with Crippen LogP contribution in [-0.4, -0.2) is 23.6 Å². The van der Waals surface area contributed by atoms with E-state index < -0.39 is 5.97 Å². The van der Waals surface area contributed by atoms with E-state index in [1.54, 1.807) is 24.3 Å². The number of carboxylic acids is 1. The maximum Gasteiger partial charge on any atom is 0.341 e. The Balaban J connectivity index is 1.90. The van der Waals surface area contributed by atoms with E-state index in [1.807, 2.05) is 0 Å². The normalized spacial score (nSPS) is 20.2. The molecule has 5 heteroatoms. The fourth-order valence-electron chi connectivity index (χ4n) is 2.95. The van der Waals surface area contributed by atoms with Crippen LogP contribution in [0.1, 0.15) is 39.5 Å². The van der Waals surface area contributed by atoms with Crippen molar-refractivity contribution in [3.05, 3.63) is 24.3 Å². The number of ether oxygens (including phenoxy) is 1. The Bertz CT molecular complexity index is 536. The number of nitrogens with one attached hydrogen (secondary N) is 1. The second-order valence-corrected chi connectivity index (χ2v) is 6.65. The molecule has 1 aliphatic carbocycles. The van der Waals surface area contributed by atoms with E-state index in [-0.39, 0.29) is 23.8 Å². The van der Waals surface area contributed by atoms with Crippen molar-refractivity contribution in [2.75, 3.05) is 11.9 Å². The summed E-state index contributed by atoms with van der Waals surface area (Å²) in [7, 11) is 0. The molecule has 1 unspecified atom stereocenters. The van der Waals surface area contributed by atoms with Gasteiger partial charge in [0.2, 0.25) is 5.91 Å². The van der Waals surface area contributed by atoms with Crippen molar-refractivity contribution in [3.8, 4) is 5.75 Å². The Morgan fingerprint density at radius 1 is 1.32 bits per heavy atom. The van der Waals surface area contributed by atoms with Crippen LogP contribution in [0.4, 0.5) is 5.69 Å². The third kappa shape index (κ3) is 4.76. The van der Waals surface area contributed by atoms with Crippen molar-refractivity contribution >= 4 is 17.6 Å². The summed E-state index contributed by atoms with van der Waals surface area (Å²) < 4.78 is 5.06. The maximum atomic E-state index is 12.3. The number of aliphatic carboxylic acids is 1. The summed E-state index contributed by atoms with van der Waals surface area (Å²) in [6.07, 6.45) is 4.12. The zero-order valence-corrected chi connectivity index (χ0v) is 13.1. The molecule has 0 radical (unpaired) electrons. The van der Waals surface area contributed by atoms with Crippen LogP contribution in [-0.2, 0) is 9.59 Å². The molecule has 0 aromatic heterocycles.